The quantitative estimate of drug-likeness (QED) is 0.610. The lowest BCUT2D eigenvalue weighted by Crippen LogP contribution is -2.50. The third kappa shape index (κ3) is 6.54. The van der Waals surface area contributed by atoms with Crippen LogP contribution in [0.4, 0.5) is 13.2 Å². The van der Waals surface area contributed by atoms with Gasteiger partial charge in [0.1, 0.15) is 5.75 Å². The summed E-state index contributed by atoms with van der Waals surface area (Å²) < 4.78 is 62.8. The van der Waals surface area contributed by atoms with Crippen molar-refractivity contribution in [3.05, 3.63) is 65.2 Å². The van der Waals surface area contributed by atoms with Crippen molar-refractivity contribution >= 4 is 17.0 Å². The van der Waals surface area contributed by atoms with E-state index in [1.165, 1.54) is 19.2 Å². The Morgan fingerprint density at radius 3 is 2.13 bits per heavy atom. The van der Waals surface area contributed by atoms with Gasteiger partial charge in [-0.25, -0.2) is 8.93 Å². The first kappa shape index (κ1) is 24.9. The van der Waals surface area contributed by atoms with Crippen LogP contribution in [0.15, 0.2) is 48.5 Å². The number of hydrogen-bond acceptors (Lipinski definition) is 4. The minimum Gasteiger partial charge on any atom is -0.469 e. The van der Waals surface area contributed by atoms with Gasteiger partial charge >= 0.3 is 12.3 Å². The van der Waals surface area contributed by atoms with Gasteiger partial charge in [-0.2, -0.15) is 0 Å². The molecule has 0 fully saturated rings. The Bertz CT molecular complexity index is 956. The molecule has 0 radical (unpaired) electrons. The van der Waals surface area contributed by atoms with Crippen LogP contribution in [-0.2, 0) is 26.1 Å². The number of esters is 1. The number of nitrogens with one attached hydrogen (secondary N) is 1. The third-order valence-electron chi connectivity index (χ3n) is 4.53. The van der Waals surface area contributed by atoms with Crippen LogP contribution < -0.4 is 9.46 Å². The van der Waals surface area contributed by atoms with Crippen LogP contribution in [0.5, 0.6) is 5.75 Å². The Balaban J connectivity index is 2.76. The summed E-state index contributed by atoms with van der Waals surface area (Å²) in [7, 11) is -0.464. The van der Waals surface area contributed by atoms with Gasteiger partial charge in [0.05, 0.1) is 34.8 Å². The van der Waals surface area contributed by atoms with E-state index in [4.69, 9.17) is 4.74 Å². The molecule has 0 aliphatic carbocycles. The Morgan fingerprint density at radius 2 is 1.61 bits per heavy atom. The maximum Gasteiger partial charge on any atom is 0.573 e. The summed E-state index contributed by atoms with van der Waals surface area (Å²) in [6.45, 7) is 7.09. The number of carbonyl (C=O) groups is 1. The molecule has 2 unspecified atom stereocenters. The third-order valence-corrected chi connectivity index (χ3v) is 6.18. The smallest absolute Gasteiger partial charge is 0.469 e. The molecule has 5 nitrogen and oxygen atoms in total. The molecule has 2 atom stereocenters. The van der Waals surface area contributed by atoms with Crippen molar-refractivity contribution in [2.24, 2.45) is 0 Å². The number of methoxy groups -OCH3 is 1. The normalized spacial score (nSPS) is 15.1. The van der Waals surface area contributed by atoms with Gasteiger partial charge in [0.25, 0.3) is 0 Å². The molecule has 31 heavy (non-hydrogen) atoms. The van der Waals surface area contributed by atoms with Crippen molar-refractivity contribution in [3.8, 4) is 5.75 Å². The average molecular weight is 458 g/mol. The molecule has 0 spiro atoms. The summed E-state index contributed by atoms with van der Waals surface area (Å²) in [6.07, 6.45) is -5.18. The minimum absolute atomic E-state index is 0.280. The van der Waals surface area contributed by atoms with E-state index < -0.39 is 39.4 Å². The van der Waals surface area contributed by atoms with E-state index >= 15 is 0 Å². The summed E-state index contributed by atoms with van der Waals surface area (Å²) in [4.78, 5) is 12.4. The van der Waals surface area contributed by atoms with Crippen LogP contribution in [0.3, 0.4) is 0 Å². The summed E-state index contributed by atoms with van der Waals surface area (Å²) in [6, 6.07) is 12.4. The number of carbonyl (C=O) groups excluding carboxylic acids is 1. The van der Waals surface area contributed by atoms with Crippen molar-refractivity contribution in [2.75, 3.05) is 7.11 Å². The van der Waals surface area contributed by atoms with Gasteiger partial charge in [-0.15, -0.1) is 13.2 Å². The maximum atomic E-state index is 13.1. The first-order valence-corrected chi connectivity index (χ1v) is 10.6. The van der Waals surface area contributed by atoms with E-state index in [2.05, 4.69) is 9.46 Å². The lowest BCUT2D eigenvalue weighted by atomic mass is 9.80. The molecule has 170 valence electrons. The van der Waals surface area contributed by atoms with E-state index in [0.717, 1.165) is 11.6 Å². The van der Waals surface area contributed by atoms with Gasteiger partial charge in [-0.1, -0.05) is 42.0 Å². The molecule has 2 aromatic rings. The molecule has 0 aliphatic heterocycles. The standard InChI is InChI=1S/C22H26F3NO4S/c1-15-8-6-9-16(12-15)21(14-19(27)29-5,26-31(28)20(2,3)4)17-10-7-11-18(13-17)30-22(23,24)25/h6-13,26H,14H2,1-5H3. The molecular weight excluding hydrogens is 431 g/mol. The zero-order valence-corrected chi connectivity index (χ0v) is 18.8. The van der Waals surface area contributed by atoms with Gasteiger partial charge < -0.3 is 9.47 Å². The van der Waals surface area contributed by atoms with E-state index in [0.29, 0.717) is 5.56 Å². The van der Waals surface area contributed by atoms with Crippen molar-refractivity contribution < 1.29 is 31.6 Å². The zero-order valence-electron chi connectivity index (χ0n) is 18.0. The van der Waals surface area contributed by atoms with Crippen LogP contribution in [0.2, 0.25) is 0 Å². The fourth-order valence-corrected chi connectivity index (χ4v) is 3.92. The Kier molecular flexibility index (Phi) is 7.54. The van der Waals surface area contributed by atoms with E-state index in [-0.39, 0.29) is 12.0 Å². The molecule has 1 N–H and O–H groups in total. The first-order valence-electron chi connectivity index (χ1n) is 9.47. The van der Waals surface area contributed by atoms with Crippen LogP contribution in [0.1, 0.15) is 43.9 Å². The molecule has 0 saturated heterocycles. The second-order valence-electron chi connectivity index (χ2n) is 8.09. The number of benzene rings is 2. The van der Waals surface area contributed by atoms with Gasteiger partial charge in [0.15, 0.2) is 0 Å². The SMILES string of the molecule is COC(=O)CC(NS(=O)C(C)(C)C)(c1cccc(C)c1)c1cccc(OC(F)(F)F)c1. The zero-order chi connectivity index (χ0) is 23.4. The molecule has 9 heteroatoms. The summed E-state index contributed by atoms with van der Waals surface area (Å²) in [5.41, 5.74) is 0.266. The fourth-order valence-electron chi connectivity index (χ4n) is 2.99. The topological polar surface area (TPSA) is 64.6 Å². The van der Waals surface area contributed by atoms with Crippen molar-refractivity contribution in [1.82, 2.24) is 4.72 Å². The fraction of sp³-hybridized carbons (Fsp3) is 0.409. The lowest BCUT2D eigenvalue weighted by Gasteiger charge is -2.37. The van der Waals surface area contributed by atoms with Gasteiger partial charge in [-0.3, -0.25) is 4.79 Å². The van der Waals surface area contributed by atoms with E-state index in [1.54, 1.807) is 45.0 Å². The highest BCUT2D eigenvalue weighted by molar-refractivity contribution is 7.84. The number of ether oxygens (including phenoxy) is 2. The highest BCUT2D eigenvalue weighted by atomic mass is 32.2. The van der Waals surface area contributed by atoms with Gasteiger partial charge in [0, 0.05) is 0 Å². The first-order chi connectivity index (χ1) is 14.3. The summed E-state index contributed by atoms with van der Waals surface area (Å²) in [5.74, 6) is -1.07. The molecular formula is C22H26F3NO4S. The van der Waals surface area contributed by atoms with Crippen molar-refractivity contribution in [1.29, 1.82) is 0 Å². The van der Waals surface area contributed by atoms with Crippen molar-refractivity contribution in [3.63, 3.8) is 0 Å². The number of halogens is 3. The van der Waals surface area contributed by atoms with E-state index in [1.807, 2.05) is 13.0 Å². The molecule has 2 aromatic carbocycles. The molecule has 0 saturated carbocycles. The molecule has 0 bridgehead atoms. The molecule has 0 aliphatic rings. The Morgan fingerprint density at radius 1 is 1.03 bits per heavy atom. The molecule has 0 amide bonds. The molecule has 0 aromatic heterocycles. The minimum atomic E-state index is -4.88. The summed E-state index contributed by atoms with van der Waals surface area (Å²) >= 11 is 0. The number of alkyl halides is 3. The largest absolute Gasteiger partial charge is 0.573 e. The van der Waals surface area contributed by atoms with Gasteiger partial charge in [-0.05, 0) is 51.0 Å². The highest BCUT2D eigenvalue weighted by Crippen LogP contribution is 2.38. The predicted molar refractivity (Wildman–Crippen MR) is 113 cm³/mol. The van der Waals surface area contributed by atoms with Crippen LogP contribution in [-0.4, -0.2) is 28.4 Å². The monoisotopic (exact) mass is 457 g/mol. The van der Waals surface area contributed by atoms with Crippen LogP contribution in [0.25, 0.3) is 0 Å². The number of aryl methyl sites for hydroxylation is 1. The highest BCUT2D eigenvalue weighted by Gasteiger charge is 2.41. The predicted octanol–water partition coefficient (Wildman–Crippen LogP) is 4.75. The van der Waals surface area contributed by atoms with Crippen LogP contribution in [0, 0.1) is 6.92 Å². The van der Waals surface area contributed by atoms with Gasteiger partial charge in [0.2, 0.25) is 0 Å². The number of hydrogen-bond donors (Lipinski definition) is 1. The summed E-state index contributed by atoms with van der Waals surface area (Å²) in [5, 5.41) is 0. The average Bonchev–Trinajstić information content (AvgIpc) is 2.65. The molecule has 0 heterocycles. The van der Waals surface area contributed by atoms with Crippen molar-refractivity contribution in [2.45, 2.75) is 50.8 Å². The van der Waals surface area contributed by atoms with Crippen LogP contribution >= 0.6 is 0 Å². The lowest BCUT2D eigenvalue weighted by molar-refractivity contribution is -0.274. The maximum absolute atomic E-state index is 13.1. The second-order valence-corrected chi connectivity index (χ2v) is 10.1. The second kappa shape index (κ2) is 9.40. The van der Waals surface area contributed by atoms with E-state index in [9.17, 15) is 22.2 Å². The Labute approximate surface area is 182 Å². The number of rotatable bonds is 7. The Hall–Kier alpha value is -2.39. The molecule has 2 rings (SSSR count).